The average molecular weight is 339 g/mol. The number of nitrogens with zero attached hydrogens (tertiary/aromatic N) is 2. The van der Waals surface area contributed by atoms with Gasteiger partial charge in [0.05, 0.1) is 7.11 Å². The van der Waals surface area contributed by atoms with Crippen LogP contribution in [0.3, 0.4) is 0 Å². The number of benzene rings is 2. The van der Waals surface area contributed by atoms with Crippen molar-refractivity contribution in [3.63, 3.8) is 0 Å². The van der Waals surface area contributed by atoms with Gasteiger partial charge in [-0.15, -0.1) is 0 Å². The second kappa shape index (κ2) is 7.92. The van der Waals surface area contributed by atoms with E-state index in [1.54, 1.807) is 7.11 Å². The molecule has 0 saturated carbocycles. The number of aryl methyl sites for hydroxylation is 1. The lowest BCUT2D eigenvalue weighted by atomic mass is 10.1. The minimum absolute atomic E-state index is 0.0499. The molecule has 1 fully saturated rings. The van der Waals surface area contributed by atoms with E-state index >= 15 is 0 Å². The van der Waals surface area contributed by atoms with Crippen LogP contribution in [0.25, 0.3) is 0 Å². The van der Waals surface area contributed by atoms with Gasteiger partial charge in [-0.1, -0.05) is 19.1 Å². The predicted molar refractivity (Wildman–Crippen MR) is 102 cm³/mol. The summed E-state index contributed by atoms with van der Waals surface area (Å²) >= 11 is 0. The third kappa shape index (κ3) is 4.24. The van der Waals surface area contributed by atoms with Gasteiger partial charge in [0.2, 0.25) is 0 Å². The summed E-state index contributed by atoms with van der Waals surface area (Å²) in [6.07, 6.45) is 1.06. The number of urea groups is 1. The van der Waals surface area contributed by atoms with Crippen LogP contribution in [0, 0.1) is 0 Å². The molecule has 0 aliphatic carbocycles. The molecule has 1 heterocycles. The molecule has 1 N–H and O–H groups in total. The molecule has 0 bridgehead atoms. The highest BCUT2D eigenvalue weighted by atomic mass is 16.5. The fourth-order valence-electron chi connectivity index (χ4n) is 2.99. The number of ether oxygens (including phenoxy) is 1. The highest BCUT2D eigenvalue weighted by Gasteiger charge is 2.21. The van der Waals surface area contributed by atoms with Gasteiger partial charge in [-0.2, -0.15) is 0 Å². The van der Waals surface area contributed by atoms with E-state index in [0.717, 1.165) is 44.0 Å². The molecule has 1 aliphatic rings. The number of rotatable bonds is 4. The Kier molecular flexibility index (Phi) is 5.43. The number of carbonyl (C=O) groups excluding carboxylic acids is 1. The Morgan fingerprint density at radius 2 is 1.64 bits per heavy atom. The predicted octanol–water partition coefficient (Wildman–Crippen LogP) is 3.61. The first-order valence-electron chi connectivity index (χ1n) is 8.73. The smallest absolute Gasteiger partial charge is 0.321 e. The molecule has 0 unspecified atom stereocenters. The van der Waals surface area contributed by atoms with Crippen molar-refractivity contribution in [1.29, 1.82) is 0 Å². The highest BCUT2D eigenvalue weighted by molar-refractivity contribution is 5.89. The minimum Gasteiger partial charge on any atom is -0.497 e. The van der Waals surface area contributed by atoms with Gasteiger partial charge >= 0.3 is 6.03 Å². The topological polar surface area (TPSA) is 44.8 Å². The molecule has 2 amide bonds. The summed E-state index contributed by atoms with van der Waals surface area (Å²) in [5.74, 6) is 0.778. The van der Waals surface area contributed by atoms with Gasteiger partial charge in [0.25, 0.3) is 0 Å². The first-order chi connectivity index (χ1) is 12.2. The van der Waals surface area contributed by atoms with Gasteiger partial charge in [-0.3, -0.25) is 0 Å². The molecular formula is C20H25N3O2. The molecule has 3 rings (SSSR count). The Hall–Kier alpha value is -2.69. The lowest BCUT2D eigenvalue weighted by Crippen LogP contribution is -2.50. The van der Waals surface area contributed by atoms with Crippen molar-refractivity contribution in [3.05, 3.63) is 54.1 Å². The van der Waals surface area contributed by atoms with Crippen LogP contribution in [0.5, 0.6) is 5.75 Å². The van der Waals surface area contributed by atoms with Gasteiger partial charge in [0.15, 0.2) is 0 Å². The number of carbonyl (C=O) groups is 1. The van der Waals surface area contributed by atoms with Crippen molar-refractivity contribution in [2.45, 2.75) is 13.3 Å². The van der Waals surface area contributed by atoms with Crippen molar-refractivity contribution in [2.75, 3.05) is 43.5 Å². The van der Waals surface area contributed by atoms with Crippen LogP contribution >= 0.6 is 0 Å². The third-order valence-electron chi connectivity index (χ3n) is 4.62. The second-order valence-corrected chi connectivity index (χ2v) is 6.15. The van der Waals surface area contributed by atoms with Gasteiger partial charge in [-0.05, 0) is 48.4 Å². The molecule has 1 aliphatic heterocycles. The van der Waals surface area contributed by atoms with Gasteiger partial charge in [-0.25, -0.2) is 4.79 Å². The Balaban J connectivity index is 1.52. The van der Waals surface area contributed by atoms with E-state index in [2.05, 4.69) is 41.4 Å². The van der Waals surface area contributed by atoms with Gasteiger partial charge in [0.1, 0.15) is 5.75 Å². The van der Waals surface area contributed by atoms with Crippen molar-refractivity contribution < 1.29 is 9.53 Å². The fourth-order valence-corrected chi connectivity index (χ4v) is 2.99. The van der Waals surface area contributed by atoms with Crippen LogP contribution in [-0.4, -0.2) is 44.2 Å². The summed E-state index contributed by atoms with van der Waals surface area (Å²) < 4.78 is 5.13. The average Bonchev–Trinajstić information content (AvgIpc) is 2.69. The molecule has 0 spiro atoms. The fraction of sp³-hybridized carbons (Fsp3) is 0.350. The molecule has 0 atom stereocenters. The summed E-state index contributed by atoms with van der Waals surface area (Å²) in [4.78, 5) is 16.6. The second-order valence-electron chi connectivity index (χ2n) is 6.15. The van der Waals surface area contributed by atoms with E-state index in [0.29, 0.717) is 0 Å². The zero-order chi connectivity index (χ0) is 17.6. The lowest BCUT2D eigenvalue weighted by Gasteiger charge is -2.36. The van der Waals surface area contributed by atoms with Crippen LogP contribution in [0.2, 0.25) is 0 Å². The molecule has 0 radical (unpaired) electrons. The largest absolute Gasteiger partial charge is 0.497 e. The first-order valence-corrected chi connectivity index (χ1v) is 8.73. The molecule has 5 nitrogen and oxygen atoms in total. The normalized spacial score (nSPS) is 14.3. The van der Waals surface area contributed by atoms with Crippen LogP contribution in [0.15, 0.2) is 48.5 Å². The van der Waals surface area contributed by atoms with Crippen LogP contribution in [0.1, 0.15) is 12.5 Å². The highest BCUT2D eigenvalue weighted by Crippen LogP contribution is 2.19. The van der Waals surface area contributed by atoms with Gasteiger partial charge in [0, 0.05) is 37.6 Å². The van der Waals surface area contributed by atoms with Crippen molar-refractivity contribution in [1.82, 2.24) is 4.90 Å². The summed E-state index contributed by atoms with van der Waals surface area (Å²) in [7, 11) is 1.63. The van der Waals surface area contributed by atoms with Crippen LogP contribution in [0.4, 0.5) is 16.2 Å². The zero-order valence-corrected chi connectivity index (χ0v) is 14.9. The molecule has 5 heteroatoms. The van der Waals surface area contributed by atoms with Crippen molar-refractivity contribution in [2.24, 2.45) is 0 Å². The van der Waals surface area contributed by atoms with Crippen LogP contribution in [-0.2, 0) is 6.42 Å². The number of amides is 2. The molecule has 2 aromatic carbocycles. The van der Waals surface area contributed by atoms with E-state index in [1.165, 1.54) is 11.3 Å². The Morgan fingerprint density at radius 3 is 2.20 bits per heavy atom. The monoisotopic (exact) mass is 339 g/mol. The van der Waals surface area contributed by atoms with Crippen molar-refractivity contribution in [3.8, 4) is 5.75 Å². The molecule has 1 saturated heterocycles. The summed E-state index contributed by atoms with van der Waals surface area (Å²) in [5.41, 5.74) is 3.36. The maximum Gasteiger partial charge on any atom is 0.321 e. The molecule has 25 heavy (non-hydrogen) atoms. The Bertz CT molecular complexity index is 690. The summed E-state index contributed by atoms with van der Waals surface area (Å²) in [5, 5.41) is 2.95. The number of methoxy groups -OCH3 is 1. The van der Waals surface area contributed by atoms with E-state index in [-0.39, 0.29) is 6.03 Å². The van der Waals surface area contributed by atoms with Gasteiger partial charge < -0.3 is 19.9 Å². The number of hydrogen-bond donors (Lipinski definition) is 1. The minimum atomic E-state index is -0.0499. The van der Waals surface area contributed by atoms with E-state index in [1.807, 2.05) is 29.2 Å². The standard InChI is InChI=1S/C20H25N3O2/c1-3-16-4-8-18(9-5-16)22-12-14-23(15-13-22)20(24)21-17-6-10-19(25-2)11-7-17/h4-11H,3,12-15H2,1-2H3,(H,21,24). The quantitative estimate of drug-likeness (QED) is 0.925. The van der Waals surface area contributed by atoms with E-state index in [9.17, 15) is 4.79 Å². The maximum absolute atomic E-state index is 12.4. The molecule has 0 aromatic heterocycles. The number of piperazine rings is 1. The summed E-state index contributed by atoms with van der Waals surface area (Å²) in [6, 6.07) is 16.0. The van der Waals surface area contributed by atoms with E-state index < -0.39 is 0 Å². The molecule has 132 valence electrons. The number of nitrogens with one attached hydrogen (secondary N) is 1. The van der Waals surface area contributed by atoms with Crippen molar-refractivity contribution >= 4 is 17.4 Å². The zero-order valence-electron chi connectivity index (χ0n) is 14.9. The van der Waals surface area contributed by atoms with E-state index in [4.69, 9.17) is 4.74 Å². The lowest BCUT2D eigenvalue weighted by molar-refractivity contribution is 0.208. The Morgan fingerprint density at radius 1 is 1.00 bits per heavy atom. The third-order valence-corrected chi connectivity index (χ3v) is 4.62. The SMILES string of the molecule is CCc1ccc(N2CCN(C(=O)Nc3ccc(OC)cc3)CC2)cc1. The first kappa shape index (κ1) is 17.1. The summed E-state index contributed by atoms with van der Waals surface area (Å²) in [6.45, 7) is 5.30. The van der Waals surface area contributed by atoms with Crippen LogP contribution < -0.4 is 15.0 Å². The maximum atomic E-state index is 12.4. The molecule has 2 aromatic rings. The number of hydrogen-bond acceptors (Lipinski definition) is 3. The number of anilines is 2. The molecular weight excluding hydrogens is 314 g/mol. The Labute approximate surface area is 149 Å².